The first-order valence-corrected chi connectivity index (χ1v) is 12.0. The van der Waals surface area contributed by atoms with Gasteiger partial charge in [-0.2, -0.15) is 0 Å². The predicted molar refractivity (Wildman–Crippen MR) is 137 cm³/mol. The molecule has 0 bridgehead atoms. The number of morpholine rings is 1. The van der Waals surface area contributed by atoms with E-state index in [4.69, 9.17) is 4.74 Å². The molecule has 1 amide bonds. The Bertz CT molecular complexity index is 1090. The minimum absolute atomic E-state index is 0.131. The molecule has 0 aliphatic carbocycles. The van der Waals surface area contributed by atoms with Crippen molar-refractivity contribution in [2.75, 3.05) is 58.4 Å². The second-order valence-electron chi connectivity index (χ2n) is 9.07. The van der Waals surface area contributed by atoms with Crippen LogP contribution >= 0.6 is 0 Å². The fraction of sp³-hybridized carbons (Fsp3) is 0.357. The second-order valence-corrected chi connectivity index (χ2v) is 9.07. The number of rotatable bonds is 9. The van der Waals surface area contributed by atoms with Crippen LogP contribution in [0.15, 0.2) is 72.0 Å². The Hall–Kier alpha value is -3.42. The molecular formula is C28H33N3O4. The maximum absolute atomic E-state index is 13.3. The number of carbonyl (C=O) groups is 2. The third-order valence-corrected chi connectivity index (χ3v) is 6.50. The van der Waals surface area contributed by atoms with Gasteiger partial charge in [-0.05, 0) is 35.8 Å². The summed E-state index contributed by atoms with van der Waals surface area (Å²) in [7, 11) is 3.92. The summed E-state index contributed by atoms with van der Waals surface area (Å²) in [5, 5.41) is 10.8. The highest BCUT2D eigenvalue weighted by molar-refractivity contribution is 6.14. The van der Waals surface area contributed by atoms with E-state index in [2.05, 4.69) is 4.90 Å². The first-order valence-electron chi connectivity index (χ1n) is 12.0. The fourth-order valence-electron chi connectivity index (χ4n) is 4.55. The summed E-state index contributed by atoms with van der Waals surface area (Å²) in [4.78, 5) is 32.4. The van der Waals surface area contributed by atoms with Gasteiger partial charge in [-0.25, -0.2) is 0 Å². The Balaban J connectivity index is 1.58. The first-order chi connectivity index (χ1) is 17.0. The Morgan fingerprint density at radius 3 is 2.40 bits per heavy atom. The zero-order chi connectivity index (χ0) is 24.8. The van der Waals surface area contributed by atoms with Crippen LogP contribution < -0.4 is 4.90 Å². The number of hydrogen-bond donors (Lipinski definition) is 1. The molecule has 2 aliphatic heterocycles. The monoisotopic (exact) mass is 475 g/mol. The summed E-state index contributed by atoms with van der Waals surface area (Å²) in [5.74, 6) is -1.32. The highest BCUT2D eigenvalue weighted by Crippen LogP contribution is 2.38. The molecule has 0 radical (unpaired) electrons. The largest absolute Gasteiger partial charge is 0.503 e. The average molecular weight is 476 g/mol. The highest BCUT2D eigenvalue weighted by Gasteiger charge is 2.42. The van der Waals surface area contributed by atoms with Gasteiger partial charge in [0.1, 0.15) is 0 Å². The van der Waals surface area contributed by atoms with Crippen LogP contribution in [0.5, 0.6) is 0 Å². The van der Waals surface area contributed by atoms with Crippen molar-refractivity contribution >= 4 is 23.5 Å². The minimum atomic E-state index is -0.628. The van der Waals surface area contributed by atoms with E-state index in [1.54, 1.807) is 11.0 Å². The summed E-state index contributed by atoms with van der Waals surface area (Å²) in [5.41, 5.74) is 2.82. The van der Waals surface area contributed by atoms with E-state index >= 15 is 0 Å². The predicted octanol–water partition coefficient (Wildman–Crippen LogP) is 3.45. The van der Waals surface area contributed by atoms with Crippen LogP contribution in [0.4, 0.5) is 5.69 Å². The first kappa shape index (κ1) is 24.7. The Labute approximate surface area is 206 Å². The number of hydrogen-bond acceptors (Lipinski definition) is 6. The molecule has 2 aliphatic rings. The lowest BCUT2D eigenvalue weighted by Crippen LogP contribution is -2.39. The zero-order valence-electron chi connectivity index (χ0n) is 20.4. The fourth-order valence-corrected chi connectivity index (χ4v) is 4.55. The van der Waals surface area contributed by atoms with Gasteiger partial charge >= 0.3 is 0 Å². The number of aliphatic hydroxyl groups is 1. The maximum Gasteiger partial charge on any atom is 0.290 e. The molecule has 1 saturated heterocycles. The van der Waals surface area contributed by atoms with E-state index in [9.17, 15) is 14.7 Å². The topological polar surface area (TPSA) is 73.3 Å². The van der Waals surface area contributed by atoms with Gasteiger partial charge in [-0.1, -0.05) is 48.5 Å². The number of benzene rings is 2. The number of ether oxygens (including phenoxy) is 1. The highest BCUT2D eigenvalue weighted by atomic mass is 16.5. The standard InChI is InChI=1S/C28H33N3O4/c1-29(2)23-12-10-22(11-13-23)26-25(24(32)14-9-21-7-4-3-5-8-21)27(33)28(34)31(26)16-6-15-30-17-19-35-20-18-30/h3-5,7-14,26,33H,6,15-20H2,1-2H3. The molecule has 7 heteroatoms. The number of carbonyl (C=O) groups excluding carboxylic acids is 2. The number of nitrogens with zero attached hydrogens (tertiary/aromatic N) is 3. The van der Waals surface area contributed by atoms with Gasteiger partial charge in [0.25, 0.3) is 5.91 Å². The maximum atomic E-state index is 13.3. The minimum Gasteiger partial charge on any atom is -0.503 e. The van der Waals surface area contributed by atoms with Gasteiger partial charge in [0.15, 0.2) is 11.5 Å². The van der Waals surface area contributed by atoms with E-state index in [1.165, 1.54) is 6.08 Å². The molecule has 35 heavy (non-hydrogen) atoms. The quantitative estimate of drug-likeness (QED) is 0.560. The number of amides is 1. The molecule has 184 valence electrons. The van der Waals surface area contributed by atoms with Crippen LogP contribution in [0.1, 0.15) is 23.6 Å². The Morgan fingerprint density at radius 2 is 1.74 bits per heavy atom. The number of ketones is 1. The molecule has 4 rings (SSSR count). The van der Waals surface area contributed by atoms with Crippen LogP contribution in [0.3, 0.4) is 0 Å². The van der Waals surface area contributed by atoms with Crippen LogP contribution in [-0.4, -0.2) is 80.1 Å². The number of allylic oxidation sites excluding steroid dienone is 1. The molecular weight excluding hydrogens is 442 g/mol. The Kier molecular flexibility index (Phi) is 8.00. The summed E-state index contributed by atoms with van der Waals surface area (Å²) >= 11 is 0. The Morgan fingerprint density at radius 1 is 1.06 bits per heavy atom. The van der Waals surface area contributed by atoms with Gasteiger partial charge in [0.05, 0.1) is 24.8 Å². The van der Waals surface area contributed by atoms with Gasteiger partial charge in [-0.15, -0.1) is 0 Å². The summed E-state index contributed by atoms with van der Waals surface area (Å²) in [6.07, 6.45) is 3.89. The van der Waals surface area contributed by atoms with Gasteiger partial charge in [0.2, 0.25) is 0 Å². The molecule has 0 spiro atoms. The van der Waals surface area contributed by atoms with Crippen LogP contribution in [0, 0.1) is 0 Å². The number of aliphatic hydroxyl groups excluding tert-OH is 1. The van der Waals surface area contributed by atoms with Crippen molar-refractivity contribution in [3.8, 4) is 0 Å². The van der Waals surface area contributed by atoms with Crippen molar-refractivity contribution in [3.63, 3.8) is 0 Å². The second kappa shape index (κ2) is 11.3. The van der Waals surface area contributed by atoms with Crippen molar-refractivity contribution < 1.29 is 19.4 Å². The normalized spacial score (nSPS) is 19.1. The van der Waals surface area contributed by atoms with Crippen molar-refractivity contribution in [1.29, 1.82) is 0 Å². The van der Waals surface area contributed by atoms with E-state index in [0.29, 0.717) is 6.54 Å². The molecule has 0 saturated carbocycles. The lowest BCUT2D eigenvalue weighted by atomic mass is 9.95. The van der Waals surface area contributed by atoms with Crippen molar-refractivity contribution in [3.05, 3.63) is 83.1 Å². The van der Waals surface area contributed by atoms with E-state index < -0.39 is 17.7 Å². The van der Waals surface area contributed by atoms with Crippen molar-refractivity contribution in [2.24, 2.45) is 0 Å². The lowest BCUT2D eigenvalue weighted by Gasteiger charge is -2.30. The smallest absolute Gasteiger partial charge is 0.290 e. The van der Waals surface area contributed by atoms with E-state index in [0.717, 1.165) is 56.1 Å². The van der Waals surface area contributed by atoms with Crippen LogP contribution in [0.25, 0.3) is 6.08 Å². The molecule has 7 nitrogen and oxygen atoms in total. The molecule has 2 aromatic carbocycles. The zero-order valence-corrected chi connectivity index (χ0v) is 20.4. The molecule has 0 aromatic heterocycles. The SMILES string of the molecule is CN(C)c1ccc(C2C(C(=O)C=Cc3ccccc3)=C(O)C(=O)N2CCCN2CCOCC2)cc1. The van der Waals surface area contributed by atoms with Crippen LogP contribution in [0.2, 0.25) is 0 Å². The van der Waals surface area contributed by atoms with Gasteiger partial charge in [-0.3, -0.25) is 14.5 Å². The molecule has 1 atom stereocenters. The molecule has 1 N–H and O–H groups in total. The molecule has 2 heterocycles. The van der Waals surface area contributed by atoms with Crippen molar-refractivity contribution in [1.82, 2.24) is 9.80 Å². The van der Waals surface area contributed by atoms with Gasteiger partial charge < -0.3 is 19.6 Å². The summed E-state index contributed by atoms with van der Waals surface area (Å²) < 4.78 is 5.41. The third-order valence-electron chi connectivity index (χ3n) is 6.50. The van der Waals surface area contributed by atoms with E-state index in [1.807, 2.05) is 73.6 Å². The van der Waals surface area contributed by atoms with Crippen molar-refractivity contribution in [2.45, 2.75) is 12.5 Å². The van der Waals surface area contributed by atoms with Crippen LogP contribution in [-0.2, 0) is 14.3 Å². The molecule has 2 aromatic rings. The number of anilines is 1. The van der Waals surface area contributed by atoms with E-state index in [-0.39, 0.29) is 11.4 Å². The third kappa shape index (κ3) is 5.81. The summed E-state index contributed by atoms with van der Waals surface area (Å²) in [6, 6.07) is 16.6. The molecule has 1 fully saturated rings. The average Bonchev–Trinajstić information content (AvgIpc) is 3.13. The lowest BCUT2D eigenvalue weighted by molar-refractivity contribution is -0.129. The summed E-state index contributed by atoms with van der Waals surface area (Å²) in [6.45, 7) is 4.47. The molecule has 1 unspecified atom stereocenters. The van der Waals surface area contributed by atoms with Gasteiger partial charge in [0, 0.05) is 46.0 Å².